The molecule has 0 spiro atoms. The van der Waals surface area contributed by atoms with Crippen LogP contribution in [0.2, 0.25) is 0 Å². The van der Waals surface area contributed by atoms with Crippen LogP contribution < -0.4 is 4.90 Å². The van der Waals surface area contributed by atoms with Crippen LogP contribution in [0.15, 0.2) is 11.6 Å². The highest BCUT2D eigenvalue weighted by molar-refractivity contribution is 8.01. The van der Waals surface area contributed by atoms with E-state index in [0.717, 1.165) is 12.0 Å². The Labute approximate surface area is 124 Å². The van der Waals surface area contributed by atoms with Gasteiger partial charge in [0.1, 0.15) is 11.1 Å². The van der Waals surface area contributed by atoms with Crippen molar-refractivity contribution in [3.63, 3.8) is 0 Å². The van der Waals surface area contributed by atoms with Crippen molar-refractivity contribution in [1.29, 1.82) is 0 Å². The van der Waals surface area contributed by atoms with Crippen molar-refractivity contribution in [2.24, 2.45) is 0 Å². The van der Waals surface area contributed by atoms with Gasteiger partial charge in [0.05, 0.1) is 0 Å². The number of aromatic nitrogens is 2. The Morgan fingerprint density at radius 1 is 1.50 bits per heavy atom. The fourth-order valence-electron chi connectivity index (χ4n) is 2.29. The number of rotatable bonds is 3. The highest BCUT2D eigenvalue weighted by atomic mass is 32.2. The van der Waals surface area contributed by atoms with Crippen LogP contribution in [0.25, 0.3) is 4.96 Å². The number of hydrogen-bond donors (Lipinski definition) is 0. The molecule has 9 heteroatoms. The van der Waals surface area contributed by atoms with Crippen molar-refractivity contribution >= 4 is 50.0 Å². The molecular weight excluding hydrogens is 318 g/mol. The lowest BCUT2D eigenvalue weighted by molar-refractivity contribution is 0.111. The quantitative estimate of drug-likeness (QED) is 0.785. The zero-order chi connectivity index (χ0) is 14.3. The summed E-state index contributed by atoms with van der Waals surface area (Å²) in [6.07, 6.45) is 3.74. The second-order valence-electron chi connectivity index (χ2n) is 4.55. The number of nitrogens with zero attached hydrogens (tertiary/aromatic N) is 3. The van der Waals surface area contributed by atoms with E-state index >= 15 is 0 Å². The van der Waals surface area contributed by atoms with Crippen LogP contribution in [-0.2, 0) is 9.84 Å². The minimum atomic E-state index is -3.23. The Morgan fingerprint density at radius 2 is 2.30 bits per heavy atom. The predicted molar refractivity (Wildman–Crippen MR) is 81.8 cm³/mol. The Balaban J connectivity index is 2.12. The van der Waals surface area contributed by atoms with E-state index in [-0.39, 0.29) is 0 Å². The molecule has 6 nitrogen and oxygen atoms in total. The fourth-order valence-corrected chi connectivity index (χ4v) is 5.83. The maximum atomic E-state index is 11.9. The average molecular weight is 331 g/mol. The molecule has 1 atom stereocenters. The molecule has 108 valence electrons. The maximum absolute atomic E-state index is 11.9. The molecule has 0 bridgehead atoms. The van der Waals surface area contributed by atoms with Gasteiger partial charge in [-0.3, -0.25) is 9.20 Å². The smallest absolute Gasteiger partial charge is 0.196 e. The third kappa shape index (κ3) is 2.23. The molecule has 1 fully saturated rings. The first-order valence-electron chi connectivity index (χ1n) is 5.96. The first kappa shape index (κ1) is 13.9. The summed E-state index contributed by atoms with van der Waals surface area (Å²) in [5.74, 6) is 1.81. The van der Waals surface area contributed by atoms with Crippen molar-refractivity contribution in [2.45, 2.75) is 5.37 Å². The van der Waals surface area contributed by atoms with Gasteiger partial charge in [-0.15, -0.1) is 11.3 Å². The number of aldehydes is 1. The molecule has 1 saturated heterocycles. The monoisotopic (exact) mass is 331 g/mol. The molecular formula is C11H13N3O3S3. The summed E-state index contributed by atoms with van der Waals surface area (Å²) < 4.78 is 25.6. The number of sulfone groups is 1. The number of thioether (sulfide) groups is 1. The highest BCUT2D eigenvalue weighted by Crippen LogP contribution is 2.30. The topological polar surface area (TPSA) is 71.8 Å². The summed E-state index contributed by atoms with van der Waals surface area (Å²) in [6.45, 7) is 0.577. The van der Waals surface area contributed by atoms with Crippen LogP contribution in [0.5, 0.6) is 0 Å². The standard InChI is InChI=1S/C11H13N3O3S3/c1-20(16,17)9-7-18-4-2-14(9)10-8(6-15)13-3-5-19-11(13)12-10/h3,5-6,9H,2,4,7H2,1H3. The predicted octanol–water partition coefficient (Wildman–Crippen LogP) is 1.13. The highest BCUT2D eigenvalue weighted by Gasteiger charge is 2.34. The molecule has 2 aromatic heterocycles. The van der Waals surface area contributed by atoms with Crippen LogP contribution in [0.1, 0.15) is 10.5 Å². The lowest BCUT2D eigenvalue weighted by atomic mass is 10.4. The summed E-state index contributed by atoms with van der Waals surface area (Å²) in [4.78, 5) is 18.2. The Kier molecular flexibility index (Phi) is 3.51. The van der Waals surface area contributed by atoms with E-state index in [1.54, 1.807) is 27.3 Å². The molecule has 0 radical (unpaired) electrons. The van der Waals surface area contributed by atoms with E-state index in [4.69, 9.17) is 0 Å². The molecule has 3 heterocycles. The Bertz CT molecular complexity index is 749. The summed E-state index contributed by atoms with van der Waals surface area (Å²) in [6, 6.07) is 0. The third-order valence-electron chi connectivity index (χ3n) is 3.24. The number of carbonyl (C=O) groups is 1. The zero-order valence-corrected chi connectivity index (χ0v) is 13.2. The SMILES string of the molecule is CS(=O)(=O)C1CSCCN1c1nc2sccn2c1C=O. The maximum Gasteiger partial charge on any atom is 0.196 e. The lowest BCUT2D eigenvalue weighted by Crippen LogP contribution is -2.47. The van der Waals surface area contributed by atoms with Gasteiger partial charge in [0.2, 0.25) is 0 Å². The summed E-state index contributed by atoms with van der Waals surface area (Å²) >= 11 is 3.03. The fraction of sp³-hybridized carbons (Fsp3) is 0.455. The van der Waals surface area contributed by atoms with Gasteiger partial charge in [-0.05, 0) is 0 Å². The number of thiazole rings is 1. The summed E-state index contributed by atoms with van der Waals surface area (Å²) in [5.41, 5.74) is 0.418. The zero-order valence-electron chi connectivity index (χ0n) is 10.7. The van der Waals surface area contributed by atoms with Crippen LogP contribution in [0.4, 0.5) is 5.82 Å². The van der Waals surface area contributed by atoms with Gasteiger partial charge in [-0.2, -0.15) is 11.8 Å². The molecule has 0 aliphatic carbocycles. The Morgan fingerprint density at radius 3 is 3.00 bits per heavy atom. The van der Waals surface area contributed by atoms with Gasteiger partial charge in [-0.25, -0.2) is 13.4 Å². The molecule has 0 amide bonds. The third-order valence-corrected chi connectivity index (χ3v) is 6.64. The van der Waals surface area contributed by atoms with Crippen molar-refractivity contribution in [3.8, 4) is 0 Å². The van der Waals surface area contributed by atoms with Crippen LogP contribution in [0.3, 0.4) is 0 Å². The first-order chi connectivity index (χ1) is 9.52. The van der Waals surface area contributed by atoms with Crippen molar-refractivity contribution in [2.75, 3.05) is 29.2 Å². The minimum absolute atomic E-state index is 0.418. The molecule has 0 aromatic carbocycles. The van der Waals surface area contributed by atoms with E-state index < -0.39 is 15.2 Å². The number of carbonyl (C=O) groups excluding carboxylic acids is 1. The van der Waals surface area contributed by atoms with Gasteiger partial charge >= 0.3 is 0 Å². The first-order valence-corrected chi connectivity index (χ1v) is 9.95. The molecule has 20 heavy (non-hydrogen) atoms. The second-order valence-corrected chi connectivity index (χ2v) is 8.77. The molecule has 2 aromatic rings. The van der Waals surface area contributed by atoms with Gasteiger partial charge in [0.15, 0.2) is 26.9 Å². The van der Waals surface area contributed by atoms with Crippen molar-refractivity contribution in [3.05, 3.63) is 17.3 Å². The Hall–Kier alpha value is -1.06. The average Bonchev–Trinajstić information content (AvgIpc) is 2.97. The minimum Gasteiger partial charge on any atom is -0.336 e. The lowest BCUT2D eigenvalue weighted by Gasteiger charge is -2.34. The normalized spacial score (nSPS) is 20.4. The van der Waals surface area contributed by atoms with E-state index in [0.29, 0.717) is 28.8 Å². The van der Waals surface area contributed by atoms with Gasteiger partial charge in [0.25, 0.3) is 0 Å². The number of fused-ring (bicyclic) bond motifs is 1. The van der Waals surface area contributed by atoms with Gasteiger partial charge in [-0.1, -0.05) is 0 Å². The molecule has 1 aliphatic rings. The van der Waals surface area contributed by atoms with E-state index in [9.17, 15) is 13.2 Å². The van der Waals surface area contributed by atoms with Crippen LogP contribution in [-0.4, -0.2) is 53.8 Å². The molecule has 3 rings (SSSR count). The van der Waals surface area contributed by atoms with E-state index in [2.05, 4.69) is 4.98 Å². The van der Waals surface area contributed by atoms with Gasteiger partial charge in [0, 0.05) is 35.9 Å². The van der Waals surface area contributed by atoms with Crippen molar-refractivity contribution < 1.29 is 13.2 Å². The molecule has 1 aliphatic heterocycles. The molecule has 0 N–H and O–H groups in total. The largest absolute Gasteiger partial charge is 0.336 e. The van der Waals surface area contributed by atoms with Crippen molar-refractivity contribution in [1.82, 2.24) is 9.38 Å². The summed E-state index contributed by atoms with van der Waals surface area (Å²) in [7, 11) is -3.23. The molecule has 0 saturated carbocycles. The van der Waals surface area contributed by atoms with E-state index in [1.807, 2.05) is 5.38 Å². The van der Waals surface area contributed by atoms with Crippen LogP contribution >= 0.6 is 23.1 Å². The molecule has 1 unspecified atom stereocenters. The number of imidazole rings is 1. The second kappa shape index (κ2) is 5.05. The number of hydrogen-bond acceptors (Lipinski definition) is 7. The van der Waals surface area contributed by atoms with E-state index in [1.165, 1.54) is 17.6 Å². The summed E-state index contributed by atoms with van der Waals surface area (Å²) in [5, 5.41) is 1.23. The number of anilines is 1. The van der Waals surface area contributed by atoms with Gasteiger partial charge < -0.3 is 4.90 Å². The van der Waals surface area contributed by atoms with Crippen LogP contribution in [0, 0.1) is 0 Å².